The lowest BCUT2D eigenvalue weighted by atomic mass is 10.1. The third kappa shape index (κ3) is 4.72. The lowest BCUT2D eigenvalue weighted by molar-refractivity contribution is -0.125. The average molecular weight is 474 g/mol. The molecule has 10 heteroatoms. The van der Waals surface area contributed by atoms with E-state index in [2.05, 4.69) is 10.2 Å². The summed E-state index contributed by atoms with van der Waals surface area (Å²) in [5.74, 6) is 0.690. The van der Waals surface area contributed by atoms with E-state index >= 15 is 0 Å². The maximum Gasteiger partial charge on any atom is 0.242 e. The van der Waals surface area contributed by atoms with Crippen LogP contribution in [0.3, 0.4) is 0 Å². The Bertz CT molecular complexity index is 1230. The van der Waals surface area contributed by atoms with E-state index in [1.165, 1.54) is 35.1 Å². The van der Waals surface area contributed by atoms with Crippen molar-refractivity contribution in [2.45, 2.75) is 23.9 Å². The highest BCUT2D eigenvalue weighted by atomic mass is 32.2. The average Bonchev–Trinajstić information content (AvgIpc) is 3.15. The van der Waals surface area contributed by atoms with Gasteiger partial charge >= 0.3 is 0 Å². The summed E-state index contributed by atoms with van der Waals surface area (Å²) >= 11 is 1.30. The van der Waals surface area contributed by atoms with Crippen LogP contribution >= 0.6 is 11.8 Å². The number of thioether (sulfide) groups is 1. The van der Waals surface area contributed by atoms with E-state index in [9.17, 15) is 13.2 Å². The van der Waals surface area contributed by atoms with Crippen molar-refractivity contribution in [1.82, 2.24) is 24.0 Å². The first-order valence-corrected chi connectivity index (χ1v) is 12.3. The van der Waals surface area contributed by atoms with Gasteiger partial charge in [-0.1, -0.05) is 42.1 Å². The molecule has 0 atom stereocenters. The molecule has 1 aromatic heterocycles. The van der Waals surface area contributed by atoms with Crippen molar-refractivity contribution in [3.05, 3.63) is 53.6 Å². The Hall–Kier alpha value is -2.69. The molecule has 3 aromatic rings. The normalized spacial score (nSPS) is 11.7. The van der Waals surface area contributed by atoms with Crippen LogP contribution in [0.1, 0.15) is 11.1 Å². The molecule has 0 fully saturated rings. The first-order chi connectivity index (χ1) is 15.0. The van der Waals surface area contributed by atoms with Gasteiger partial charge in [0.1, 0.15) is 0 Å². The first-order valence-electron chi connectivity index (χ1n) is 9.92. The highest BCUT2D eigenvalue weighted by Gasteiger charge is 2.23. The standard InChI is InChI=1S/C22H27N5O3S2/c1-15-9-7-10-16(2)20(15)27-21(23-24-22(27)31-14-19(28)25(3)4)17-11-8-12-18(13-17)32(29,30)26(5)6/h7-13H,14H2,1-6H3. The van der Waals surface area contributed by atoms with Gasteiger partial charge in [-0.2, -0.15) is 0 Å². The van der Waals surface area contributed by atoms with E-state index in [-0.39, 0.29) is 16.6 Å². The third-order valence-electron chi connectivity index (χ3n) is 4.99. The van der Waals surface area contributed by atoms with E-state index in [4.69, 9.17) is 0 Å². The van der Waals surface area contributed by atoms with E-state index in [0.29, 0.717) is 16.5 Å². The van der Waals surface area contributed by atoms with Crippen LogP contribution in [-0.4, -0.2) is 72.2 Å². The lowest BCUT2D eigenvalue weighted by Gasteiger charge is -2.17. The molecule has 2 aromatic carbocycles. The van der Waals surface area contributed by atoms with Crippen LogP contribution in [-0.2, 0) is 14.8 Å². The van der Waals surface area contributed by atoms with E-state index in [0.717, 1.165) is 16.8 Å². The van der Waals surface area contributed by atoms with Gasteiger partial charge < -0.3 is 4.90 Å². The van der Waals surface area contributed by atoms with Gasteiger partial charge in [-0.25, -0.2) is 12.7 Å². The summed E-state index contributed by atoms with van der Waals surface area (Å²) in [7, 11) is 2.81. The maximum atomic E-state index is 12.7. The van der Waals surface area contributed by atoms with E-state index in [1.54, 1.807) is 32.3 Å². The van der Waals surface area contributed by atoms with Crippen molar-refractivity contribution in [3.63, 3.8) is 0 Å². The van der Waals surface area contributed by atoms with Crippen LogP contribution in [0.5, 0.6) is 0 Å². The predicted molar refractivity (Wildman–Crippen MR) is 127 cm³/mol. The van der Waals surface area contributed by atoms with Crippen LogP contribution in [0.4, 0.5) is 0 Å². The van der Waals surface area contributed by atoms with E-state index < -0.39 is 10.0 Å². The molecule has 8 nitrogen and oxygen atoms in total. The summed E-state index contributed by atoms with van der Waals surface area (Å²) in [5.41, 5.74) is 3.56. The number of para-hydroxylation sites is 1. The fraction of sp³-hybridized carbons (Fsp3) is 0.318. The highest BCUT2D eigenvalue weighted by molar-refractivity contribution is 7.99. The van der Waals surface area contributed by atoms with Gasteiger partial charge in [0, 0.05) is 33.8 Å². The minimum atomic E-state index is -3.60. The molecule has 0 saturated carbocycles. The van der Waals surface area contributed by atoms with Crippen LogP contribution in [0.2, 0.25) is 0 Å². The summed E-state index contributed by atoms with van der Waals surface area (Å²) in [4.78, 5) is 13.9. The second kappa shape index (κ2) is 9.43. The van der Waals surface area contributed by atoms with Gasteiger partial charge in [-0.05, 0) is 37.1 Å². The number of amides is 1. The summed E-state index contributed by atoms with van der Waals surface area (Å²) in [5, 5.41) is 9.31. The Morgan fingerprint density at radius 1 is 1.00 bits per heavy atom. The number of benzene rings is 2. The molecule has 0 radical (unpaired) electrons. The molecule has 0 aliphatic rings. The Morgan fingerprint density at radius 3 is 2.22 bits per heavy atom. The summed E-state index contributed by atoms with van der Waals surface area (Å²) in [6.07, 6.45) is 0. The van der Waals surface area contributed by atoms with Gasteiger partial charge in [0.15, 0.2) is 11.0 Å². The SMILES string of the molecule is Cc1cccc(C)c1-n1c(SCC(=O)N(C)C)nnc1-c1cccc(S(=O)(=O)N(C)C)c1. The molecule has 3 rings (SSSR count). The number of carbonyl (C=O) groups excluding carboxylic acids is 1. The van der Waals surface area contributed by atoms with Crippen molar-refractivity contribution in [2.24, 2.45) is 0 Å². The zero-order chi connectivity index (χ0) is 23.6. The van der Waals surface area contributed by atoms with Gasteiger partial charge in [-0.15, -0.1) is 10.2 Å². The van der Waals surface area contributed by atoms with Crippen molar-refractivity contribution >= 4 is 27.7 Å². The molecule has 170 valence electrons. The fourth-order valence-electron chi connectivity index (χ4n) is 3.17. The predicted octanol–water partition coefficient (Wildman–Crippen LogP) is 2.98. The molecule has 1 heterocycles. The highest BCUT2D eigenvalue weighted by Crippen LogP contribution is 2.32. The van der Waals surface area contributed by atoms with Gasteiger partial charge in [0.05, 0.1) is 16.3 Å². The monoisotopic (exact) mass is 473 g/mol. The number of carbonyl (C=O) groups is 1. The maximum absolute atomic E-state index is 12.7. The molecular weight excluding hydrogens is 446 g/mol. The van der Waals surface area contributed by atoms with Crippen LogP contribution in [0.25, 0.3) is 17.1 Å². The lowest BCUT2D eigenvalue weighted by Crippen LogP contribution is -2.23. The minimum absolute atomic E-state index is 0.0355. The molecule has 32 heavy (non-hydrogen) atoms. The van der Waals surface area contributed by atoms with Crippen LogP contribution < -0.4 is 0 Å². The summed E-state index contributed by atoms with van der Waals surface area (Å²) < 4.78 is 28.4. The van der Waals surface area contributed by atoms with Crippen molar-refractivity contribution in [2.75, 3.05) is 33.9 Å². The van der Waals surface area contributed by atoms with Crippen LogP contribution in [0.15, 0.2) is 52.5 Å². The largest absolute Gasteiger partial charge is 0.348 e. The van der Waals surface area contributed by atoms with E-state index in [1.807, 2.05) is 42.7 Å². The number of rotatable bonds is 7. The first kappa shape index (κ1) is 24.0. The molecule has 0 aliphatic heterocycles. The molecule has 0 aliphatic carbocycles. The Morgan fingerprint density at radius 2 is 1.62 bits per heavy atom. The fourth-order valence-corrected chi connectivity index (χ4v) is 5.04. The quantitative estimate of drug-likeness (QED) is 0.490. The number of nitrogens with zero attached hydrogens (tertiary/aromatic N) is 5. The number of hydrogen-bond acceptors (Lipinski definition) is 6. The Labute approximate surface area is 193 Å². The molecule has 1 amide bonds. The smallest absolute Gasteiger partial charge is 0.242 e. The zero-order valence-electron chi connectivity index (χ0n) is 19.0. The van der Waals surface area contributed by atoms with Crippen molar-refractivity contribution in [3.8, 4) is 17.1 Å². The number of aromatic nitrogens is 3. The molecule has 0 N–H and O–H groups in total. The molecule has 0 bridgehead atoms. The molecule has 0 unspecified atom stereocenters. The van der Waals surface area contributed by atoms with Gasteiger partial charge in [0.2, 0.25) is 15.9 Å². The zero-order valence-corrected chi connectivity index (χ0v) is 20.7. The minimum Gasteiger partial charge on any atom is -0.348 e. The number of sulfonamides is 1. The van der Waals surface area contributed by atoms with Crippen LogP contribution in [0, 0.1) is 13.8 Å². The van der Waals surface area contributed by atoms with Gasteiger partial charge in [0.25, 0.3) is 0 Å². The number of aryl methyl sites for hydroxylation is 2. The topological polar surface area (TPSA) is 88.4 Å². The molecular formula is C22H27N5O3S2. The molecule has 0 saturated heterocycles. The molecule has 0 spiro atoms. The number of hydrogen-bond donors (Lipinski definition) is 0. The summed E-state index contributed by atoms with van der Waals surface area (Å²) in [6.45, 7) is 4.00. The Kier molecular flexibility index (Phi) is 7.06. The summed E-state index contributed by atoms with van der Waals surface area (Å²) in [6, 6.07) is 12.6. The third-order valence-corrected chi connectivity index (χ3v) is 7.72. The second-order valence-electron chi connectivity index (χ2n) is 7.77. The van der Waals surface area contributed by atoms with Crippen molar-refractivity contribution in [1.29, 1.82) is 0 Å². The van der Waals surface area contributed by atoms with Crippen molar-refractivity contribution < 1.29 is 13.2 Å². The second-order valence-corrected chi connectivity index (χ2v) is 10.9. The van der Waals surface area contributed by atoms with Gasteiger partial charge in [-0.3, -0.25) is 9.36 Å². The Balaban J connectivity index is 2.19.